The van der Waals surface area contributed by atoms with Gasteiger partial charge in [0.1, 0.15) is 5.57 Å². The van der Waals surface area contributed by atoms with E-state index in [1.165, 1.54) is 12.1 Å². The number of rotatable bonds is 4. The van der Waals surface area contributed by atoms with Gasteiger partial charge in [-0.05, 0) is 64.8 Å². The van der Waals surface area contributed by atoms with Crippen molar-refractivity contribution < 1.29 is 37.4 Å². The van der Waals surface area contributed by atoms with E-state index in [1.807, 2.05) is 5.32 Å². The van der Waals surface area contributed by atoms with Crippen molar-refractivity contribution in [2.45, 2.75) is 13.1 Å². The van der Waals surface area contributed by atoms with Gasteiger partial charge in [-0.2, -0.15) is 13.2 Å². The summed E-state index contributed by atoms with van der Waals surface area (Å²) in [6.45, 7) is 1.90. The lowest BCUT2D eigenvalue weighted by molar-refractivity contribution is -0.137. The Hall–Kier alpha value is -3.05. The molecule has 0 radical (unpaired) electrons. The summed E-state index contributed by atoms with van der Waals surface area (Å²) < 4.78 is 44.8. The van der Waals surface area contributed by atoms with Crippen molar-refractivity contribution in [1.82, 2.24) is 5.32 Å². The molecule has 1 aliphatic heterocycles. The number of alkyl halides is 3. The first-order chi connectivity index (χ1) is 14.9. The number of anilines is 1. The number of aromatic hydroxyl groups is 1. The normalized spacial score (nSPS) is 15.9. The number of phenols is 1. The summed E-state index contributed by atoms with van der Waals surface area (Å²) in [6, 6.07) is 3.60. The molecule has 2 aromatic rings. The number of hydrogen-bond donors (Lipinski definition) is 2. The molecule has 32 heavy (non-hydrogen) atoms. The van der Waals surface area contributed by atoms with Crippen LogP contribution in [0.3, 0.4) is 0 Å². The summed E-state index contributed by atoms with van der Waals surface area (Å²) >= 11 is 9.08. The predicted molar refractivity (Wildman–Crippen MR) is 112 cm³/mol. The van der Waals surface area contributed by atoms with Gasteiger partial charge in [-0.25, -0.2) is 9.69 Å². The largest absolute Gasteiger partial charge is 0.503 e. The molecule has 1 aliphatic rings. The third-order valence-corrected chi connectivity index (χ3v) is 5.20. The van der Waals surface area contributed by atoms with Crippen molar-refractivity contribution in [2.75, 3.05) is 11.5 Å². The standard InChI is InChI=1S/C20H13BrClF3N2O5/c1-2-32-15-7-9(6-12(21)16(15)28)5-11-17(29)26-19(31)27(18(11)30)14-8-10(20(23,24)25)3-4-13(14)22/h3-8,28H,2H2,1H3,(H,26,29,31)/b11-5+. The zero-order chi connectivity index (χ0) is 23.8. The van der Waals surface area contributed by atoms with Crippen molar-refractivity contribution >= 4 is 57.1 Å². The molecule has 1 fully saturated rings. The van der Waals surface area contributed by atoms with Gasteiger partial charge in [0.05, 0.1) is 27.4 Å². The second kappa shape index (κ2) is 8.83. The summed E-state index contributed by atoms with van der Waals surface area (Å²) in [7, 11) is 0. The first-order valence-electron chi connectivity index (χ1n) is 8.87. The van der Waals surface area contributed by atoms with Gasteiger partial charge < -0.3 is 9.84 Å². The van der Waals surface area contributed by atoms with Crippen LogP contribution in [0.2, 0.25) is 5.02 Å². The van der Waals surface area contributed by atoms with Gasteiger partial charge in [-0.3, -0.25) is 14.9 Å². The predicted octanol–water partition coefficient (Wildman–Crippen LogP) is 4.89. The molecule has 1 heterocycles. The van der Waals surface area contributed by atoms with E-state index in [0.29, 0.717) is 17.0 Å². The number of barbiturate groups is 1. The van der Waals surface area contributed by atoms with Crippen LogP contribution in [0.4, 0.5) is 23.7 Å². The van der Waals surface area contributed by atoms with Crippen LogP contribution in [0.15, 0.2) is 40.4 Å². The van der Waals surface area contributed by atoms with Crippen LogP contribution < -0.4 is 15.0 Å². The number of ether oxygens (including phenoxy) is 1. The number of imide groups is 2. The van der Waals surface area contributed by atoms with E-state index in [2.05, 4.69) is 15.9 Å². The lowest BCUT2D eigenvalue weighted by atomic mass is 10.1. The fourth-order valence-electron chi connectivity index (χ4n) is 2.85. The third-order valence-electron chi connectivity index (χ3n) is 4.28. The maximum absolute atomic E-state index is 13.1. The Balaban J connectivity index is 2.09. The van der Waals surface area contributed by atoms with Gasteiger partial charge >= 0.3 is 12.2 Å². The monoisotopic (exact) mass is 532 g/mol. The fraction of sp³-hybridized carbons (Fsp3) is 0.150. The van der Waals surface area contributed by atoms with Crippen LogP contribution in [0.5, 0.6) is 11.5 Å². The molecule has 1 saturated heterocycles. The van der Waals surface area contributed by atoms with Gasteiger partial charge in [-0.1, -0.05) is 11.6 Å². The molecule has 168 valence electrons. The smallest absolute Gasteiger partial charge is 0.416 e. The number of carbonyl (C=O) groups is 3. The van der Waals surface area contributed by atoms with E-state index in [1.54, 1.807) is 6.92 Å². The number of hydrogen-bond acceptors (Lipinski definition) is 5. The summed E-state index contributed by atoms with van der Waals surface area (Å²) in [5.74, 6) is -2.38. The maximum Gasteiger partial charge on any atom is 0.416 e. The number of benzene rings is 2. The molecule has 0 atom stereocenters. The van der Waals surface area contributed by atoms with Crippen LogP contribution in [-0.4, -0.2) is 29.6 Å². The van der Waals surface area contributed by atoms with Crippen molar-refractivity contribution in [1.29, 1.82) is 0 Å². The molecule has 4 amide bonds. The van der Waals surface area contributed by atoms with Gasteiger partial charge in [0.15, 0.2) is 11.5 Å². The van der Waals surface area contributed by atoms with Crippen molar-refractivity contribution in [3.8, 4) is 11.5 Å². The highest BCUT2D eigenvalue weighted by Crippen LogP contribution is 2.38. The highest BCUT2D eigenvalue weighted by molar-refractivity contribution is 9.10. The Labute approximate surface area is 192 Å². The minimum atomic E-state index is -4.75. The molecule has 0 bridgehead atoms. The molecular formula is C20H13BrClF3N2O5. The van der Waals surface area contributed by atoms with E-state index >= 15 is 0 Å². The molecule has 0 saturated carbocycles. The summed E-state index contributed by atoms with van der Waals surface area (Å²) in [5.41, 5.74) is -1.98. The second-order valence-corrected chi connectivity index (χ2v) is 7.67. The highest BCUT2D eigenvalue weighted by Gasteiger charge is 2.39. The molecule has 0 aliphatic carbocycles. The van der Waals surface area contributed by atoms with Gasteiger partial charge in [0.25, 0.3) is 11.8 Å². The van der Waals surface area contributed by atoms with Crippen LogP contribution in [0.25, 0.3) is 6.08 Å². The van der Waals surface area contributed by atoms with Crippen molar-refractivity contribution in [2.24, 2.45) is 0 Å². The Morgan fingerprint density at radius 3 is 2.53 bits per heavy atom. The molecule has 12 heteroatoms. The number of carbonyl (C=O) groups excluding carboxylic acids is 3. The molecule has 7 nitrogen and oxygen atoms in total. The number of phenolic OH excluding ortho intramolecular Hbond substituents is 1. The molecule has 0 spiro atoms. The lowest BCUT2D eigenvalue weighted by Gasteiger charge is -2.27. The third kappa shape index (κ3) is 4.58. The Kier molecular flexibility index (Phi) is 6.51. The number of urea groups is 1. The average Bonchev–Trinajstić information content (AvgIpc) is 2.69. The van der Waals surface area contributed by atoms with E-state index in [9.17, 15) is 32.7 Å². The first-order valence-corrected chi connectivity index (χ1v) is 10.0. The number of nitrogens with zero attached hydrogens (tertiary/aromatic N) is 1. The van der Waals surface area contributed by atoms with Crippen molar-refractivity contribution in [3.63, 3.8) is 0 Å². The van der Waals surface area contributed by atoms with E-state index < -0.39 is 40.8 Å². The van der Waals surface area contributed by atoms with E-state index in [0.717, 1.165) is 12.1 Å². The van der Waals surface area contributed by atoms with Crippen LogP contribution in [0.1, 0.15) is 18.1 Å². The van der Waals surface area contributed by atoms with Crippen LogP contribution in [-0.2, 0) is 15.8 Å². The molecule has 0 aromatic heterocycles. The molecule has 0 unspecified atom stereocenters. The van der Waals surface area contributed by atoms with E-state index in [4.69, 9.17) is 16.3 Å². The minimum Gasteiger partial charge on any atom is -0.503 e. The zero-order valence-electron chi connectivity index (χ0n) is 16.1. The molecular weight excluding hydrogens is 521 g/mol. The second-order valence-electron chi connectivity index (χ2n) is 6.40. The first kappa shape index (κ1) is 23.6. The maximum atomic E-state index is 13.1. The van der Waals surface area contributed by atoms with E-state index in [-0.39, 0.29) is 33.2 Å². The SMILES string of the molecule is CCOc1cc(/C=C2\C(=O)NC(=O)N(c3cc(C(F)(F)F)ccc3Cl)C2=O)cc(Br)c1O. The number of nitrogens with one attached hydrogen (secondary N) is 1. The quantitative estimate of drug-likeness (QED) is 0.431. The van der Waals surface area contributed by atoms with Gasteiger partial charge in [0.2, 0.25) is 0 Å². The topological polar surface area (TPSA) is 95.9 Å². The van der Waals surface area contributed by atoms with Gasteiger partial charge in [-0.15, -0.1) is 0 Å². The Bertz CT molecular complexity index is 1170. The summed E-state index contributed by atoms with van der Waals surface area (Å²) in [6.07, 6.45) is -3.65. The van der Waals surface area contributed by atoms with Crippen LogP contribution in [0, 0.1) is 0 Å². The lowest BCUT2D eigenvalue weighted by Crippen LogP contribution is -2.54. The fourth-order valence-corrected chi connectivity index (χ4v) is 3.51. The summed E-state index contributed by atoms with van der Waals surface area (Å²) in [4.78, 5) is 37.9. The number of amides is 4. The Morgan fingerprint density at radius 1 is 1.22 bits per heavy atom. The minimum absolute atomic E-state index is 0.0613. The highest BCUT2D eigenvalue weighted by atomic mass is 79.9. The summed E-state index contributed by atoms with van der Waals surface area (Å²) in [5, 5.41) is 11.6. The number of halogens is 5. The van der Waals surface area contributed by atoms with Crippen LogP contribution >= 0.6 is 27.5 Å². The molecule has 2 aromatic carbocycles. The molecule has 3 rings (SSSR count). The Morgan fingerprint density at radius 2 is 1.91 bits per heavy atom. The average molecular weight is 534 g/mol. The zero-order valence-corrected chi connectivity index (χ0v) is 18.4. The van der Waals surface area contributed by atoms with Gasteiger partial charge in [0, 0.05) is 0 Å². The van der Waals surface area contributed by atoms with Crippen molar-refractivity contribution in [3.05, 3.63) is 56.5 Å². The molecule has 2 N–H and O–H groups in total.